The molecule has 0 amide bonds. The Kier molecular flexibility index (Phi) is 20.5. The van der Waals surface area contributed by atoms with E-state index in [2.05, 4.69) is 297 Å². The smallest absolute Gasteiger partial charge is 0.298 e. The number of rotatable bonds is 12. The van der Waals surface area contributed by atoms with Gasteiger partial charge < -0.3 is 17.7 Å². The molecule has 0 aliphatic carbocycles. The highest BCUT2D eigenvalue weighted by Gasteiger charge is 2.37. The lowest BCUT2D eigenvalue weighted by Crippen LogP contribution is -2.30. The molecule has 0 atom stereocenters. The zero-order valence-corrected chi connectivity index (χ0v) is 79.4. The van der Waals surface area contributed by atoms with Crippen LogP contribution in [-0.2, 0) is 28.2 Å². The third-order valence-electron chi connectivity index (χ3n) is 26.3. The molecule has 660 valence electrons. The molecule has 10 aromatic carbocycles. The normalized spacial score (nSPS) is 12.8. The zero-order valence-electron chi connectivity index (χ0n) is 85.4. The Balaban J connectivity index is 0.000000118. The maximum absolute atomic E-state index is 8.25. The number of aryl methyl sites for hydroxylation is 16. The summed E-state index contributed by atoms with van der Waals surface area (Å²) in [7, 11) is 8.32. The van der Waals surface area contributed by atoms with Crippen molar-refractivity contribution in [1.29, 1.82) is 0 Å². The van der Waals surface area contributed by atoms with E-state index >= 15 is 0 Å². The lowest BCUT2D eigenvalue weighted by molar-refractivity contribution is -0.659. The van der Waals surface area contributed by atoms with Gasteiger partial charge in [0.1, 0.15) is 69.8 Å². The van der Waals surface area contributed by atoms with Crippen LogP contribution in [-0.4, -0.2) is 38.2 Å². The average molecular weight is 1750 g/mol. The van der Waals surface area contributed by atoms with E-state index in [0.29, 0.717) is 79.5 Å². The summed E-state index contributed by atoms with van der Waals surface area (Å²) >= 11 is 0. The lowest BCUT2D eigenvalue weighted by atomic mass is 9.92. The number of imidazole rings is 4. The molecule has 0 aliphatic heterocycles. The summed E-state index contributed by atoms with van der Waals surface area (Å²) < 4.78 is 92.9. The van der Waals surface area contributed by atoms with E-state index in [9.17, 15) is 0 Å². The number of hydrogen-bond donors (Lipinski definition) is 0. The quantitative estimate of drug-likeness (QED) is 0.110. The molecule has 0 fully saturated rings. The first-order valence-electron chi connectivity index (χ1n) is 48.7. The molecule has 0 aliphatic rings. The molecule has 12 heterocycles. The average Bonchev–Trinajstić information content (AvgIpc) is 1.55. The van der Waals surface area contributed by atoms with Gasteiger partial charge >= 0.3 is 0 Å². The van der Waals surface area contributed by atoms with Crippen LogP contribution in [0.2, 0.25) is 0 Å². The molecule has 22 aromatic rings. The monoisotopic (exact) mass is 1750 g/mol. The first-order valence-corrected chi connectivity index (χ1v) is 45.7. The number of furan rings is 4. The van der Waals surface area contributed by atoms with Gasteiger partial charge in [0, 0.05) is 85.6 Å². The number of benzene rings is 10. The van der Waals surface area contributed by atoms with E-state index in [-0.39, 0.29) is 11.1 Å². The summed E-state index contributed by atoms with van der Waals surface area (Å²) in [5.74, 6) is 5.73. The van der Waals surface area contributed by atoms with Gasteiger partial charge in [-0.3, -0.25) is 0 Å². The Hall–Kier alpha value is -14.6. The largest absolute Gasteiger partial charge is 0.437 e. The van der Waals surface area contributed by atoms with Crippen molar-refractivity contribution in [1.82, 2.24) is 38.2 Å². The van der Waals surface area contributed by atoms with Crippen LogP contribution in [0.4, 0.5) is 0 Å². The first-order chi connectivity index (χ1) is 65.9. The molecule has 16 nitrogen and oxygen atoms in total. The second-order valence-electron chi connectivity index (χ2n) is 36.9. The highest BCUT2D eigenvalue weighted by Crippen LogP contribution is 2.47. The van der Waals surface area contributed by atoms with Crippen LogP contribution in [0.25, 0.3) is 179 Å². The van der Waals surface area contributed by atoms with Crippen LogP contribution in [0, 0.1) is 82.9 Å². The first kappa shape index (κ1) is 79.5. The number of aromatic nitrogens is 12. The van der Waals surface area contributed by atoms with Crippen molar-refractivity contribution in [3.63, 3.8) is 0 Å². The molecule has 22 rings (SSSR count). The number of para-hydroxylation sites is 8. The number of nitrogens with zero attached hydrogens (tertiary/aromatic N) is 12. The second kappa shape index (κ2) is 34.0. The second-order valence-corrected chi connectivity index (χ2v) is 36.9. The summed E-state index contributed by atoms with van der Waals surface area (Å²) in [6.07, 6.45) is 8.67. The van der Waals surface area contributed by atoms with Crippen molar-refractivity contribution < 1.29 is 44.2 Å². The minimum atomic E-state index is -2.29. The third kappa shape index (κ3) is 14.6. The van der Waals surface area contributed by atoms with E-state index in [1.165, 1.54) is 55.9 Å². The molecule has 0 saturated heterocycles. The maximum Gasteiger partial charge on any atom is 0.298 e. The van der Waals surface area contributed by atoms with Gasteiger partial charge in [-0.1, -0.05) is 189 Å². The van der Waals surface area contributed by atoms with E-state index in [4.69, 9.17) is 35.9 Å². The number of pyridine rings is 4. The minimum Gasteiger partial charge on any atom is -0.437 e. The van der Waals surface area contributed by atoms with Crippen LogP contribution in [0.3, 0.4) is 0 Å². The summed E-state index contributed by atoms with van der Waals surface area (Å²) in [6.45, 7) is 34.0. The minimum absolute atomic E-state index is 0.265. The predicted molar refractivity (Wildman–Crippen MR) is 538 cm³/mol. The van der Waals surface area contributed by atoms with E-state index in [0.717, 1.165) is 145 Å². The topological polar surface area (TPSA) is 139 Å². The fourth-order valence-electron chi connectivity index (χ4n) is 20.2. The van der Waals surface area contributed by atoms with Crippen molar-refractivity contribution in [3.8, 4) is 68.3 Å². The third-order valence-corrected chi connectivity index (χ3v) is 26.3. The fourth-order valence-corrected chi connectivity index (χ4v) is 20.2. The van der Waals surface area contributed by atoms with Crippen molar-refractivity contribution in [2.45, 2.75) is 162 Å². The van der Waals surface area contributed by atoms with Gasteiger partial charge in [0.2, 0.25) is 22.9 Å². The Labute approximate surface area is 779 Å². The Morgan fingerprint density at radius 2 is 0.629 bits per heavy atom. The van der Waals surface area contributed by atoms with E-state index < -0.39 is 13.7 Å². The van der Waals surface area contributed by atoms with Gasteiger partial charge in [0.25, 0.3) is 23.3 Å². The molecule has 0 spiro atoms. The van der Waals surface area contributed by atoms with E-state index in [1.807, 2.05) is 127 Å². The van der Waals surface area contributed by atoms with Crippen LogP contribution in [0.15, 0.2) is 261 Å². The summed E-state index contributed by atoms with van der Waals surface area (Å²) in [4.78, 5) is 18.6. The van der Waals surface area contributed by atoms with Crippen LogP contribution in [0.5, 0.6) is 0 Å². The predicted octanol–water partition coefficient (Wildman–Crippen LogP) is 27.6. The summed E-state index contributed by atoms with van der Waals surface area (Å²) in [5.41, 5.74) is 34.1. The van der Waals surface area contributed by atoms with Gasteiger partial charge in [-0.15, -0.1) is 0 Å². The van der Waals surface area contributed by atoms with E-state index in [1.54, 1.807) is 19.1 Å². The van der Waals surface area contributed by atoms with Crippen molar-refractivity contribution in [2.75, 3.05) is 0 Å². The van der Waals surface area contributed by atoms with Crippen LogP contribution >= 0.6 is 0 Å². The lowest BCUT2D eigenvalue weighted by Gasteiger charge is -2.18. The number of fused-ring (bicyclic) bond motifs is 14. The molecular formula is C116H116N12O4+4. The molecule has 0 radical (unpaired) electrons. The Bertz CT molecular complexity index is 8570. The molecule has 0 saturated carbocycles. The molecule has 0 bridgehead atoms. The van der Waals surface area contributed by atoms with Gasteiger partial charge in [-0.25, -0.2) is 38.2 Å². The molecule has 0 N–H and O–H groups in total. The standard InChI is InChI=1S/2C30H34N3O.2C28H24N3O/c1-17(2)22-10-9-11-23(18(3)4)27(22)33-15-14-32(8)30(33)26-20(6)16-19(5)25-24-13-12-21(7)31-29(24)34-28(25)26;1-17(2)22-10-9-11-23(18(3)4)27(22)33-15-14-32(8)30(33)26-19(5)12-13-24-25-20(6)16-21(7)31-29(25)34-28(24)26;1-17-16-18(2)25(26-24(17)21-15-14-19(3)29-27(21)32-26)28-30(4)22-12-8-9-13-23(22)31(28)20-10-6-5-7-11-20;1-17-14-15-21-24-18(2)16-19(3)29-27(24)32-26(21)25(17)28-30(4)22-12-8-9-13-23(22)31(28)20-10-6-5-7-11-20/h2*9-18H,1-8H3;2*5-16H,1-4H3/q4*+1/i;;1D3;2D3. The van der Waals surface area contributed by atoms with Crippen molar-refractivity contribution in [2.24, 2.45) is 28.2 Å². The van der Waals surface area contributed by atoms with Crippen LogP contribution in [0.1, 0.15) is 177 Å². The van der Waals surface area contributed by atoms with Crippen molar-refractivity contribution in [3.05, 3.63) is 333 Å². The Morgan fingerprint density at radius 3 is 1.05 bits per heavy atom. The highest BCUT2D eigenvalue weighted by molar-refractivity contribution is 6.14. The number of hydrogen-bond acceptors (Lipinski definition) is 8. The maximum atomic E-state index is 8.25. The molecule has 16 heteroatoms. The van der Waals surface area contributed by atoms with Gasteiger partial charge in [-0.2, -0.15) is 18.3 Å². The van der Waals surface area contributed by atoms with Crippen LogP contribution < -0.4 is 18.3 Å². The molecule has 132 heavy (non-hydrogen) atoms. The van der Waals surface area contributed by atoms with Gasteiger partial charge in [0.15, 0.2) is 44.4 Å². The Morgan fingerprint density at radius 1 is 0.295 bits per heavy atom. The molecule has 0 unspecified atom stereocenters. The fraction of sp³-hybridized carbons (Fsp3) is 0.241. The van der Waals surface area contributed by atoms with Gasteiger partial charge in [-0.05, 0) is 236 Å². The summed E-state index contributed by atoms with van der Waals surface area (Å²) in [5, 5.41) is 7.06. The van der Waals surface area contributed by atoms with Gasteiger partial charge in [0.05, 0.1) is 39.0 Å². The molecular weight excluding hydrogens is 1630 g/mol. The molecule has 12 aromatic heterocycles. The SMILES string of the molecule is Cc1cc(C)c2c(n1)oc1c(-c3n(-c4c(C(C)C)cccc4C(C)C)cc[n+]3C)c(C)ccc12.Cc1ccc2c(n1)oc1c(-c3n(-c4c(C(C)C)cccc4C(C)C)cc[n+]3C)c(C)cc(C)c12.[2H]C([2H])([2H])c1cc(C)c(-c2n(-c3ccccc3)c3ccccc3[n+]2C)c2oc3nc(C)ccc3c12.[2H]C([2H])([2H])c1cc(C)nc2oc3c(-c4n(-c5ccccc5)c5ccccc5[n+]4C)c(C)ccc3c12. The van der Waals surface area contributed by atoms with Crippen molar-refractivity contribution >= 4 is 110 Å². The summed E-state index contributed by atoms with van der Waals surface area (Å²) in [6, 6.07) is 74.6. The highest BCUT2D eigenvalue weighted by atomic mass is 16.4. The zero-order chi connectivity index (χ0) is 97.6.